The van der Waals surface area contributed by atoms with Gasteiger partial charge in [0.25, 0.3) is 5.91 Å². The van der Waals surface area contributed by atoms with Crippen LogP contribution in [0.5, 0.6) is 5.75 Å². The average Bonchev–Trinajstić information content (AvgIpc) is 3.27. The lowest BCUT2D eigenvalue weighted by Gasteiger charge is -2.32. The maximum atomic E-state index is 14.4. The third-order valence-corrected chi connectivity index (χ3v) is 6.55. The van der Waals surface area contributed by atoms with Crippen LogP contribution in [0.15, 0.2) is 36.7 Å². The van der Waals surface area contributed by atoms with Gasteiger partial charge in [0.05, 0.1) is 24.5 Å². The summed E-state index contributed by atoms with van der Waals surface area (Å²) in [4.78, 5) is 17.4. The van der Waals surface area contributed by atoms with Crippen LogP contribution in [0.1, 0.15) is 31.2 Å². The van der Waals surface area contributed by atoms with Gasteiger partial charge in [0.15, 0.2) is 17.2 Å². The van der Waals surface area contributed by atoms with Gasteiger partial charge in [-0.2, -0.15) is 17.6 Å². The van der Waals surface area contributed by atoms with Crippen LogP contribution in [-0.2, 0) is 9.53 Å². The van der Waals surface area contributed by atoms with Crippen molar-refractivity contribution in [2.75, 3.05) is 12.4 Å². The monoisotopic (exact) mass is 483 g/mol. The van der Waals surface area contributed by atoms with Crippen molar-refractivity contribution >= 4 is 17.1 Å². The number of rotatable bonds is 4. The molecule has 182 valence electrons. The number of nitrogens with one attached hydrogen (secondary N) is 1. The summed E-state index contributed by atoms with van der Waals surface area (Å²) < 4.78 is 82.3. The number of fused-ring (bicyclic) bond motifs is 1. The number of halogens is 5. The predicted octanol–water partition coefficient (Wildman–Crippen LogP) is 5.01. The van der Waals surface area contributed by atoms with Crippen LogP contribution in [0.4, 0.5) is 27.6 Å². The molecule has 1 aromatic carbocycles. The van der Waals surface area contributed by atoms with Gasteiger partial charge >= 0.3 is 6.18 Å². The normalized spacial score (nSPS) is 25.0. The van der Waals surface area contributed by atoms with Gasteiger partial charge in [0.1, 0.15) is 11.9 Å². The number of hydrogen-bond donors (Lipinski definition) is 1. The minimum Gasteiger partial charge on any atom is -0.493 e. The number of carbonyl (C=O) groups excluding carboxylic acids is 1. The minimum atomic E-state index is -4.83. The molecule has 11 heteroatoms. The molecule has 1 aliphatic rings. The number of alkyl halides is 3. The van der Waals surface area contributed by atoms with E-state index in [1.807, 2.05) is 0 Å². The number of benzene rings is 1. The number of anilines is 1. The summed E-state index contributed by atoms with van der Waals surface area (Å²) in [6.07, 6.45) is -3.30. The number of ether oxygens (including phenoxy) is 2. The van der Waals surface area contributed by atoms with Gasteiger partial charge in [0, 0.05) is 23.6 Å². The second-order valence-electron chi connectivity index (χ2n) is 8.45. The predicted molar refractivity (Wildman–Crippen MR) is 113 cm³/mol. The Balaban J connectivity index is 1.77. The van der Waals surface area contributed by atoms with Crippen LogP contribution >= 0.6 is 0 Å². The topological polar surface area (TPSA) is 64.9 Å². The SMILES string of the molecule is COc1c([C@H]2[C@H](C(=O)Nc3ccc4cnc(C)n4c3)O[C@@](C)(C(F)(F)F)[C@H]2C)ccc(F)c1F. The van der Waals surface area contributed by atoms with Crippen molar-refractivity contribution in [2.45, 2.75) is 44.6 Å². The van der Waals surface area contributed by atoms with Gasteiger partial charge in [-0.25, -0.2) is 9.37 Å². The van der Waals surface area contributed by atoms with Gasteiger partial charge in [-0.3, -0.25) is 4.79 Å². The van der Waals surface area contributed by atoms with Crippen LogP contribution < -0.4 is 10.1 Å². The lowest BCUT2D eigenvalue weighted by Crippen LogP contribution is -2.47. The third-order valence-electron chi connectivity index (χ3n) is 6.55. The van der Waals surface area contributed by atoms with E-state index in [0.717, 1.165) is 31.7 Å². The van der Waals surface area contributed by atoms with Gasteiger partial charge < -0.3 is 19.2 Å². The first-order chi connectivity index (χ1) is 15.9. The Morgan fingerprint density at radius 1 is 1.24 bits per heavy atom. The first kappa shape index (κ1) is 23.9. The van der Waals surface area contributed by atoms with Gasteiger partial charge in [-0.05, 0) is 32.0 Å². The van der Waals surface area contributed by atoms with Gasteiger partial charge in [0.2, 0.25) is 5.82 Å². The van der Waals surface area contributed by atoms with E-state index in [1.54, 1.807) is 35.9 Å². The average molecular weight is 483 g/mol. The zero-order valence-electron chi connectivity index (χ0n) is 18.7. The molecule has 0 unspecified atom stereocenters. The molecule has 2 aromatic heterocycles. The van der Waals surface area contributed by atoms with Crippen molar-refractivity contribution in [3.05, 3.63) is 59.7 Å². The number of carbonyl (C=O) groups is 1. The molecule has 3 aromatic rings. The second kappa shape index (κ2) is 8.23. The van der Waals surface area contributed by atoms with E-state index in [1.165, 1.54) is 6.92 Å². The molecule has 0 aliphatic carbocycles. The molecule has 0 spiro atoms. The largest absolute Gasteiger partial charge is 0.493 e. The molecular weight excluding hydrogens is 461 g/mol. The van der Waals surface area contributed by atoms with E-state index in [4.69, 9.17) is 9.47 Å². The summed E-state index contributed by atoms with van der Waals surface area (Å²) in [6.45, 7) is 3.85. The van der Waals surface area contributed by atoms with Crippen molar-refractivity contribution in [3.8, 4) is 5.75 Å². The fraction of sp³-hybridized carbons (Fsp3) is 0.391. The number of nitrogens with zero attached hydrogens (tertiary/aromatic N) is 2. The molecule has 1 amide bonds. The van der Waals surface area contributed by atoms with E-state index in [0.29, 0.717) is 11.5 Å². The molecule has 3 heterocycles. The molecule has 4 rings (SSSR count). The zero-order chi connectivity index (χ0) is 25.0. The van der Waals surface area contributed by atoms with Gasteiger partial charge in [-0.1, -0.05) is 13.0 Å². The maximum absolute atomic E-state index is 14.4. The highest BCUT2D eigenvalue weighted by molar-refractivity contribution is 5.95. The summed E-state index contributed by atoms with van der Waals surface area (Å²) in [6, 6.07) is 5.16. The maximum Gasteiger partial charge on any atom is 0.417 e. The second-order valence-corrected chi connectivity index (χ2v) is 8.45. The minimum absolute atomic E-state index is 0.0945. The van der Waals surface area contributed by atoms with Crippen molar-refractivity contribution < 1.29 is 36.2 Å². The Bertz CT molecular complexity index is 1260. The Kier molecular flexibility index (Phi) is 5.79. The first-order valence-electron chi connectivity index (χ1n) is 10.4. The molecular formula is C23H22F5N3O3. The molecule has 0 bridgehead atoms. The highest BCUT2D eigenvalue weighted by Crippen LogP contribution is 2.55. The summed E-state index contributed by atoms with van der Waals surface area (Å²) in [7, 11) is 1.07. The standard InChI is InChI=1S/C23H22F5N3O3/c1-11-17(15-7-8-16(24)18(25)19(15)33-4)20(34-22(11,3)23(26,27)28)21(32)30-13-5-6-14-9-29-12(2)31(14)10-13/h5-11,17,20H,1-4H3,(H,30,32)/t11-,17-,20+,22+/m0/s1. The number of aromatic nitrogens is 2. The molecule has 34 heavy (non-hydrogen) atoms. The zero-order valence-corrected chi connectivity index (χ0v) is 18.7. The number of pyridine rings is 1. The lowest BCUT2D eigenvalue weighted by molar-refractivity contribution is -0.272. The Hall–Kier alpha value is -3.21. The van der Waals surface area contributed by atoms with E-state index < -0.39 is 53.0 Å². The fourth-order valence-corrected chi connectivity index (χ4v) is 4.45. The molecule has 1 N–H and O–H groups in total. The summed E-state index contributed by atoms with van der Waals surface area (Å²) in [5.41, 5.74) is -1.76. The van der Waals surface area contributed by atoms with Crippen LogP contribution in [0.25, 0.3) is 5.52 Å². The first-order valence-corrected chi connectivity index (χ1v) is 10.4. The quantitative estimate of drug-likeness (QED) is 0.530. The third kappa shape index (κ3) is 3.67. The summed E-state index contributed by atoms with van der Waals surface area (Å²) in [5.74, 6) is -5.99. The highest BCUT2D eigenvalue weighted by atomic mass is 19.4. The molecule has 1 aliphatic heterocycles. The van der Waals surface area contributed by atoms with Crippen LogP contribution in [-0.4, -0.2) is 40.3 Å². The molecule has 6 nitrogen and oxygen atoms in total. The van der Waals surface area contributed by atoms with E-state index in [2.05, 4.69) is 10.3 Å². The van der Waals surface area contributed by atoms with Crippen molar-refractivity contribution in [1.29, 1.82) is 0 Å². The number of imidazole rings is 1. The van der Waals surface area contributed by atoms with E-state index in [-0.39, 0.29) is 5.56 Å². The van der Waals surface area contributed by atoms with Crippen LogP contribution in [0.3, 0.4) is 0 Å². The summed E-state index contributed by atoms with van der Waals surface area (Å²) >= 11 is 0. The molecule has 1 fully saturated rings. The van der Waals surface area contributed by atoms with Crippen molar-refractivity contribution in [1.82, 2.24) is 9.38 Å². The smallest absolute Gasteiger partial charge is 0.417 e. The van der Waals surface area contributed by atoms with Gasteiger partial charge in [-0.15, -0.1) is 0 Å². The highest BCUT2D eigenvalue weighted by Gasteiger charge is 2.65. The summed E-state index contributed by atoms with van der Waals surface area (Å²) in [5, 5.41) is 2.58. The van der Waals surface area contributed by atoms with Crippen molar-refractivity contribution in [2.24, 2.45) is 5.92 Å². The van der Waals surface area contributed by atoms with Crippen LogP contribution in [0, 0.1) is 24.5 Å². The lowest BCUT2D eigenvalue weighted by atomic mass is 9.77. The Morgan fingerprint density at radius 2 is 1.94 bits per heavy atom. The van der Waals surface area contributed by atoms with Crippen molar-refractivity contribution in [3.63, 3.8) is 0 Å². The van der Waals surface area contributed by atoms with E-state index in [9.17, 15) is 26.7 Å². The number of hydrogen-bond acceptors (Lipinski definition) is 4. The number of methoxy groups -OCH3 is 1. The number of amides is 1. The Labute approximate surface area is 191 Å². The fourth-order valence-electron chi connectivity index (χ4n) is 4.45. The van der Waals surface area contributed by atoms with Crippen LogP contribution in [0.2, 0.25) is 0 Å². The molecule has 1 saturated heterocycles. The molecule has 0 saturated carbocycles. The molecule has 0 radical (unpaired) electrons. The van der Waals surface area contributed by atoms with E-state index >= 15 is 0 Å². The Morgan fingerprint density at radius 3 is 2.59 bits per heavy atom. The number of aryl methyl sites for hydroxylation is 1. The molecule has 4 atom stereocenters.